The van der Waals surface area contributed by atoms with E-state index in [0.29, 0.717) is 17.1 Å². The summed E-state index contributed by atoms with van der Waals surface area (Å²) in [6, 6.07) is 14.5. The molecule has 0 saturated carbocycles. The van der Waals surface area contributed by atoms with Crippen LogP contribution < -0.4 is 5.32 Å². The SMILES string of the molecule is Cc1noc(-c2ccc(N[C@@H](C)c3ccccc3)c([N+](=O)[O-])c2)n1. The maximum Gasteiger partial charge on any atom is 0.293 e. The van der Waals surface area contributed by atoms with E-state index in [1.165, 1.54) is 6.07 Å². The van der Waals surface area contributed by atoms with Crippen molar-refractivity contribution >= 4 is 11.4 Å². The van der Waals surface area contributed by atoms with Crippen LogP contribution >= 0.6 is 0 Å². The summed E-state index contributed by atoms with van der Waals surface area (Å²) < 4.78 is 5.07. The molecule has 0 aliphatic carbocycles. The van der Waals surface area contributed by atoms with E-state index in [2.05, 4.69) is 15.5 Å². The van der Waals surface area contributed by atoms with Gasteiger partial charge in [0.25, 0.3) is 11.6 Å². The molecule has 1 N–H and O–H groups in total. The Morgan fingerprint density at radius 3 is 2.58 bits per heavy atom. The van der Waals surface area contributed by atoms with Crippen LogP contribution in [0, 0.1) is 17.0 Å². The molecular formula is C17H16N4O3. The van der Waals surface area contributed by atoms with Crippen molar-refractivity contribution in [2.45, 2.75) is 19.9 Å². The largest absolute Gasteiger partial charge is 0.373 e. The smallest absolute Gasteiger partial charge is 0.293 e. The monoisotopic (exact) mass is 324 g/mol. The molecule has 122 valence electrons. The van der Waals surface area contributed by atoms with E-state index >= 15 is 0 Å². The van der Waals surface area contributed by atoms with Gasteiger partial charge < -0.3 is 9.84 Å². The van der Waals surface area contributed by atoms with E-state index in [0.717, 1.165) is 5.56 Å². The molecule has 0 spiro atoms. The molecule has 3 rings (SSSR count). The Labute approximate surface area is 138 Å². The minimum absolute atomic E-state index is 0.0360. The van der Waals surface area contributed by atoms with Crippen molar-refractivity contribution in [1.29, 1.82) is 0 Å². The van der Waals surface area contributed by atoms with Gasteiger partial charge in [0, 0.05) is 17.7 Å². The van der Waals surface area contributed by atoms with Crippen molar-refractivity contribution in [2.75, 3.05) is 5.32 Å². The summed E-state index contributed by atoms with van der Waals surface area (Å²) >= 11 is 0. The van der Waals surface area contributed by atoms with Crippen molar-refractivity contribution in [2.24, 2.45) is 0 Å². The van der Waals surface area contributed by atoms with Crippen molar-refractivity contribution in [3.63, 3.8) is 0 Å². The molecule has 0 aliphatic rings. The third-order valence-electron chi connectivity index (χ3n) is 3.64. The molecule has 7 heteroatoms. The Balaban J connectivity index is 1.92. The number of nitro benzene ring substituents is 1. The van der Waals surface area contributed by atoms with Crippen LogP contribution in [0.1, 0.15) is 24.4 Å². The number of aromatic nitrogens is 2. The Bertz CT molecular complexity index is 861. The molecule has 1 atom stereocenters. The molecule has 0 bridgehead atoms. The lowest BCUT2D eigenvalue weighted by Gasteiger charge is -2.15. The molecule has 24 heavy (non-hydrogen) atoms. The second kappa shape index (κ2) is 6.49. The topological polar surface area (TPSA) is 94.1 Å². The zero-order chi connectivity index (χ0) is 17.1. The van der Waals surface area contributed by atoms with Crippen LogP contribution in [-0.2, 0) is 0 Å². The standard InChI is InChI=1S/C17H16N4O3/c1-11(13-6-4-3-5-7-13)18-15-9-8-14(10-16(15)21(22)23)17-19-12(2)20-24-17/h3-11,18H,1-2H3/t11-/m0/s1. The number of benzene rings is 2. The molecule has 1 aromatic heterocycles. The lowest BCUT2D eigenvalue weighted by atomic mass is 10.1. The van der Waals surface area contributed by atoms with E-state index in [1.807, 2.05) is 37.3 Å². The zero-order valence-electron chi connectivity index (χ0n) is 13.3. The van der Waals surface area contributed by atoms with E-state index in [4.69, 9.17) is 4.52 Å². The molecule has 3 aromatic rings. The number of anilines is 1. The third-order valence-corrected chi connectivity index (χ3v) is 3.64. The highest BCUT2D eigenvalue weighted by Gasteiger charge is 2.19. The predicted molar refractivity (Wildman–Crippen MR) is 89.6 cm³/mol. The molecule has 0 saturated heterocycles. The van der Waals surface area contributed by atoms with Crippen LogP contribution in [-0.4, -0.2) is 15.1 Å². The van der Waals surface area contributed by atoms with Crippen LogP contribution in [0.2, 0.25) is 0 Å². The lowest BCUT2D eigenvalue weighted by molar-refractivity contribution is -0.383. The van der Waals surface area contributed by atoms with Crippen molar-refractivity contribution in [3.05, 3.63) is 70.0 Å². The van der Waals surface area contributed by atoms with Crippen molar-refractivity contribution in [1.82, 2.24) is 10.1 Å². The van der Waals surface area contributed by atoms with Gasteiger partial charge in [-0.15, -0.1) is 0 Å². The van der Waals surface area contributed by atoms with Crippen LogP contribution in [0.25, 0.3) is 11.5 Å². The van der Waals surface area contributed by atoms with E-state index in [-0.39, 0.29) is 17.6 Å². The molecule has 7 nitrogen and oxygen atoms in total. The van der Waals surface area contributed by atoms with Crippen molar-refractivity contribution in [3.8, 4) is 11.5 Å². The summed E-state index contributed by atoms with van der Waals surface area (Å²) in [5.41, 5.74) is 1.96. The molecular weight excluding hydrogens is 308 g/mol. The Hall–Kier alpha value is -3.22. The summed E-state index contributed by atoms with van der Waals surface area (Å²) in [7, 11) is 0. The number of rotatable bonds is 5. The average Bonchev–Trinajstić information content (AvgIpc) is 3.02. The average molecular weight is 324 g/mol. The van der Waals surface area contributed by atoms with Gasteiger partial charge in [0.2, 0.25) is 0 Å². The van der Waals surface area contributed by atoms with E-state index < -0.39 is 4.92 Å². The summed E-state index contributed by atoms with van der Waals surface area (Å²) in [6.45, 7) is 3.65. The van der Waals surface area contributed by atoms with Crippen LogP contribution in [0.3, 0.4) is 0 Å². The van der Waals surface area contributed by atoms with Gasteiger partial charge in [-0.05, 0) is 31.5 Å². The molecule has 1 heterocycles. The van der Waals surface area contributed by atoms with Gasteiger partial charge in [0.05, 0.1) is 4.92 Å². The van der Waals surface area contributed by atoms with Gasteiger partial charge >= 0.3 is 0 Å². The first kappa shape index (κ1) is 15.7. The number of aryl methyl sites for hydroxylation is 1. The maximum absolute atomic E-state index is 11.4. The van der Waals surface area contributed by atoms with E-state index in [1.54, 1.807) is 19.1 Å². The summed E-state index contributed by atoms with van der Waals surface area (Å²) in [5.74, 6) is 0.741. The van der Waals surface area contributed by atoms with Gasteiger partial charge in [-0.3, -0.25) is 10.1 Å². The molecule has 0 unspecified atom stereocenters. The first-order valence-corrected chi connectivity index (χ1v) is 7.45. The van der Waals surface area contributed by atoms with E-state index in [9.17, 15) is 10.1 Å². The lowest BCUT2D eigenvalue weighted by Crippen LogP contribution is -2.08. The fourth-order valence-corrected chi connectivity index (χ4v) is 2.41. The Morgan fingerprint density at radius 2 is 1.96 bits per heavy atom. The fourth-order valence-electron chi connectivity index (χ4n) is 2.41. The number of hydrogen-bond donors (Lipinski definition) is 1. The first-order valence-electron chi connectivity index (χ1n) is 7.45. The highest BCUT2D eigenvalue weighted by Crippen LogP contribution is 2.32. The van der Waals surface area contributed by atoms with Crippen molar-refractivity contribution < 1.29 is 9.45 Å². The van der Waals surface area contributed by atoms with Crippen LogP contribution in [0.4, 0.5) is 11.4 Å². The number of nitrogens with one attached hydrogen (secondary N) is 1. The second-order valence-corrected chi connectivity index (χ2v) is 5.41. The fraction of sp³-hybridized carbons (Fsp3) is 0.176. The summed E-state index contributed by atoms with van der Waals surface area (Å²) in [4.78, 5) is 15.1. The Kier molecular flexibility index (Phi) is 4.24. The maximum atomic E-state index is 11.4. The van der Waals surface area contributed by atoms with Crippen LogP contribution in [0.15, 0.2) is 53.1 Å². The minimum atomic E-state index is -0.424. The molecule has 0 radical (unpaired) electrons. The normalized spacial score (nSPS) is 11.9. The minimum Gasteiger partial charge on any atom is -0.373 e. The quantitative estimate of drug-likeness (QED) is 0.560. The zero-order valence-corrected chi connectivity index (χ0v) is 13.3. The van der Waals surface area contributed by atoms with Gasteiger partial charge in [-0.2, -0.15) is 4.98 Å². The first-order chi connectivity index (χ1) is 11.5. The highest BCUT2D eigenvalue weighted by molar-refractivity contribution is 5.70. The summed E-state index contributed by atoms with van der Waals surface area (Å²) in [5, 5.41) is 18.3. The summed E-state index contributed by atoms with van der Waals surface area (Å²) in [6.07, 6.45) is 0. The molecule has 0 aliphatic heterocycles. The molecule has 0 amide bonds. The third kappa shape index (κ3) is 3.24. The molecule has 0 fully saturated rings. The number of nitro groups is 1. The predicted octanol–water partition coefficient (Wildman–Crippen LogP) is 4.13. The number of hydrogen-bond acceptors (Lipinski definition) is 6. The van der Waals surface area contributed by atoms with Gasteiger partial charge in [-0.1, -0.05) is 35.5 Å². The van der Waals surface area contributed by atoms with Gasteiger partial charge in [0.1, 0.15) is 5.69 Å². The van der Waals surface area contributed by atoms with Crippen LogP contribution in [0.5, 0.6) is 0 Å². The second-order valence-electron chi connectivity index (χ2n) is 5.41. The highest BCUT2D eigenvalue weighted by atomic mass is 16.6. The van der Waals surface area contributed by atoms with Gasteiger partial charge in [0.15, 0.2) is 5.82 Å². The number of nitrogens with zero attached hydrogens (tertiary/aromatic N) is 3. The van der Waals surface area contributed by atoms with Gasteiger partial charge in [-0.25, -0.2) is 0 Å². The molecule has 2 aromatic carbocycles. The Morgan fingerprint density at radius 1 is 1.21 bits per heavy atom.